The third kappa shape index (κ3) is 4.50. The summed E-state index contributed by atoms with van der Waals surface area (Å²) in [5.74, 6) is 0.776. The van der Waals surface area contributed by atoms with Crippen molar-refractivity contribution in [1.29, 1.82) is 0 Å². The van der Waals surface area contributed by atoms with E-state index in [2.05, 4.69) is 25.3 Å². The van der Waals surface area contributed by atoms with Crippen molar-refractivity contribution in [2.45, 2.75) is 31.9 Å². The van der Waals surface area contributed by atoms with Gasteiger partial charge in [-0.2, -0.15) is 14.4 Å². The topological polar surface area (TPSA) is 126 Å². The lowest BCUT2D eigenvalue weighted by molar-refractivity contribution is 0.132. The molecule has 0 radical (unpaired) electrons. The number of imidazole rings is 1. The van der Waals surface area contributed by atoms with Gasteiger partial charge in [-0.3, -0.25) is 0 Å². The van der Waals surface area contributed by atoms with E-state index in [0.29, 0.717) is 43.0 Å². The number of hydrogen-bond acceptors (Lipinski definition) is 8. The average molecular weight is 486 g/mol. The van der Waals surface area contributed by atoms with Crippen LogP contribution in [0.15, 0.2) is 36.7 Å². The molecule has 0 saturated carbocycles. The van der Waals surface area contributed by atoms with Gasteiger partial charge in [-0.1, -0.05) is 18.2 Å². The minimum atomic E-state index is -3.21. The Balaban J connectivity index is 1.42. The van der Waals surface area contributed by atoms with Crippen LogP contribution in [0.4, 0.5) is 10.2 Å². The number of hydrogen-bond donors (Lipinski definition) is 2. The number of aromatic nitrogens is 5. The highest BCUT2D eigenvalue weighted by Gasteiger charge is 2.27. The molecule has 0 aliphatic carbocycles. The summed E-state index contributed by atoms with van der Waals surface area (Å²) >= 11 is 0. The number of anilines is 1. The van der Waals surface area contributed by atoms with Crippen molar-refractivity contribution >= 4 is 37.8 Å². The Hall–Kier alpha value is -3.38. The first-order valence-electron chi connectivity index (χ1n) is 10.9. The molecule has 4 aromatic rings. The molecule has 1 saturated heterocycles. The predicted molar refractivity (Wildman–Crippen MR) is 125 cm³/mol. The van der Waals surface area contributed by atoms with E-state index in [1.807, 2.05) is 37.3 Å². The zero-order valence-electron chi connectivity index (χ0n) is 18.7. The van der Waals surface area contributed by atoms with Gasteiger partial charge < -0.3 is 15.0 Å². The van der Waals surface area contributed by atoms with Crippen molar-refractivity contribution in [3.63, 3.8) is 0 Å². The third-order valence-electron chi connectivity index (χ3n) is 5.93. The number of nitrogens with one attached hydrogen (secondary N) is 2. The van der Waals surface area contributed by atoms with Crippen molar-refractivity contribution in [1.82, 2.24) is 29.2 Å². The Bertz CT molecular complexity index is 1450. The van der Waals surface area contributed by atoms with Crippen molar-refractivity contribution in [3.8, 4) is 5.88 Å². The van der Waals surface area contributed by atoms with Gasteiger partial charge in [-0.05, 0) is 37.3 Å². The second-order valence-corrected chi connectivity index (χ2v) is 10.3. The maximum atomic E-state index is 13.9. The predicted octanol–water partition coefficient (Wildman–Crippen LogP) is 3.02. The lowest BCUT2D eigenvalue weighted by atomic mass is 10.1. The number of piperidine rings is 1. The lowest BCUT2D eigenvalue weighted by Crippen LogP contribution is -2.41. The Morgan fingerprint density at radius 1 is 1.21 bits per heavy atom. The van der Waals surface area contributed by atoms with Gasteiger partial charge >= 0.3 is 6.08 Å². The maximum Gasteiger partial charge on any atom is 0.312 e. The van der Waals surface area contributed by atoms with Crippen molar-refractivity contribution in [2.75, 3.05) is 24.7 Å². The molecule has 1 atom stereocenters. The fraction of sp³-hybridized carbons (Fsp3) is 0.364. The normalized spacial score (nSPS) is 16.7. The second kappa shape index (κ2) is 8.76. The van der Waals surface area contributed by atoms with Crippen LogP contribution >= 0.6 is 0 Å². The van der Waals surface area contributed by atoms with Gasteiger partial charge in [0.25, 0.3) is 0 Å². The Morgan fingerprint density at radius 2 is 1.97 bits per heavy atom. The zero-order valence-corrected chi connectivity index (χ0v) is 19.5. The molecule has 178 valence electrons. The van der Waals surface area contributed by atoms with Gasteiger partial charge in [0.05, 0.1) is 24.3 Å². The molecule has 0 spiro atoms. The molecule has 1 fully saturated rings. The SMILES string of the molecule is CC(Nc1nc(F)nc2nc[nH]c12)c1cc2ccccc2c(OC2CCN(S(C)(=O)=O)CC2)n1. The van der Waals surface area contributed by atoms with Gasteiger partial charge in [-0.15, -0.1) is 0 Å². The van der Waals surface area contributed by atoms with Crippen molar-refractivity contribution in [3.05, 3.63) is 48.4 Å². The Morgan fingerprint density at radius 3 is 2.74 bits per heavy atom. The molecular weight excluding hydrogens is 461 g/mol. The fourth-order valence-corrected chi connectivity index (χ4v) is 5.00. The molecule has 0 bridgehead atoms. The first-order chi connectivity index (χ1) is 16.3. The van der Waals surface area contributed by atoms with Crippen molar-refractivity contribution < 1.29 is 17.5 Å². The summed E-state index contributed by atoms with van der Waals surface area (Å²) in [4.78, 5) is 19.2. The van der Waals surface area contributed by atoms with Crippen LogP contribution in [0.5, 0.6) is 5.88 Å². The summed E-state index contributed by atoms with van der Waals surface area (Å²) in [5, 5.41) is 5.01. The largest absolute Gasteiger partial charge is 0.474 e. The highest BCUT2D eigenvalue weighted by Crippen LogP contribution is 2.31. The van der Waals surface area contributed by atoms with E-state index in [0.717, 1.165) is 10.8 Å². The van der Waals surface area contributed by atoms with Gasteiger partial charge in [0.15, 0.2) is 11.5 Å². The summed E-state index contributed by atoms with van der Waals surface area (Å²) in [5.41, 5.74) is 1.43. The van der Waals surface area contributed by atoms with E-state index in [-0.39, 0.29) is 23.6 Å². The molecule has 1 unspecified atom stereocenters. The quantitative estimate of drug-likeness (QED) is 0.399. The van der Waals surface area contributed by atoms with E-state index in [4.69, 9.17) is 9.72 Å². The first-order valence-corrected chi connectivity index (χ1v) is 12.8. The Kier molecular flexibility index (Phi) is 5.78. The van der Waals surface area contributed by atoms with Crippen LogP contribution < -0.4 is 10.1 Å². The lowest BCUT2D eigenvalue weighted by Gasteiger charge is -2.30. The summed E-state index contributed by atoms with van der Waals surface area (Å²) in [6.07, 6.45) is 2.81. The third-order valence-corrected chi connectivity index (χ3v) is 7.23. The number of aromatic amines is 1. The van der Waals surface area contributed by atoms with E-state index in [1.165, 1.54) is 16.9 Å². The monoisotopic (exact) mass is 485 g/mol. The number of rotatable bonds is 6. The van der Waals surface area contributed by atoms with Crippen LogP contribution in [0.25, 0.3) is 21.9 Å². The number of sulfonamides is 1. The minimum absolute atomic E-state index is 0.145. The highest BCUT2D eigenvalue weighted by molar-refractivity contribution is 7.88. The molecule has 5 rings (SSSR count). The molecule has 34 heavy (non-hydrogen) atoms. The fourth-order valence-electron chi connectivity index (χ4n) is 4.13. The minimum Gasteiger partial charge on any atom is -0.474 e. The molecular formula is C22H24FN7O3S. The maximum absolute atomic E-state index is 13.9. The van der Waals surface area contributed by atoms with E-state index in [9.17, 15) is 12.8 Å². The Labute approximate surface area is 195 Å². The summed E-state index contributed by atoms with van der Waals surface area (Å²) in [6.45, 7) is 2.73. The number of nitrogens with zero attached hydrogens (tertiary/aromatic N) is 5. The summed E-state index contributed by atoms with van der Waals surface area (Å²) in [6, 6.07) is 9.40. The number of fused-ring (bicyclic) bond motifs is 2. The van der Waals surface area contributed by atoms with Crippen LogP contribution in [-0.4, -0.2) is 63.1 Å². The summed E-state index contributed by atoms with van der Waals surface area (Å²) in [7, 11) is -3.21. The molecule has 1 aliphatic heterocycles. The molecule has 0 amide bonds. The van der Waals surface area contributed by atoms with Crippen LogP contribution in [0.1, 0.15) is 31.5 Å². The van der Waals surface area contributed by atoms with E-state index >= 15 is 0 Å². The zero-order chi connectivity index (χ0) is 23.9. The molecule has 12 heteroatoms. The number of halogens is 1. The van der Waals surface area contributed by atoms with Crippen molar-refractivity contribution in [2.24, 2.45) is 0 Å². The number of ether oxygens (including phenoxy) is 1. The molecule has 1 aromatic carbocycles. The second-order valence-electron chi connectivity index (χ2n) is 8.36. The molecule has 3 aromatic heterocycles. The average Bonchev–Trinajstić information content (AvgIpc) is 3.27. The van der Waals surface area contributed by atoms with Gasteiger partial charge in [0.1, 0.15) is 11.6 Å². The summed E-state index contributed by atoms with van der Waals surface area (Å²) < 4.78 is 45.2. The molecule has 1 aliphatic rings. The van der Waals surface area contributed by atoms with Crippen LogP contribution in [0, 0.1) is 6.08 Å². The van der Waals surface area contributed by atoms with Crippen LogP contribution in [0.3, 0.4) is 0 Å². The van der Waals surface area contributed by atoms with Gasteiger partial charge in [0, 0.05) is 18.5 Å². The number of H-pyrrole nitrogens is 1. The van der Waals surface area contributed by atoms with Crippen LogP contribution in [0.2, 0.25) is 0 Å². The smallest absolute Gasteiger partial charge is 0.312 e. The highest BCUT2D eigenvalue weighted by atomic mass is 32.2. The first kappa shape index (κ1) is 22.4. The molecule has 4 heterocycles. The number of benzene rings is 1. The molecule has 10 nitrogen and oxygen atoms in total. The van der Waals surface area contributed by atoms with Gasteiger partial charge in [-0.25, -0.2) is 22.7 Å². The standard InChI is InChI=1S/C22H24FN7O3S/c1-13(26-20-18-19(25-12-24-18)28-22(23)29-20)17-11-14-5-3-4-6-16(14)21(27-17)33-15-7-9-30(10-8-15)34(2,31)32/h3-6,11-13,15H,7-10H2,1-2H3,(H2,24,25,26,28,29). The van der Waals surface area contributed by atoms with E-state index < -0.39 is 16.1 Å². The number of pyridine rings is 1. The van der Waals surface area contributed by atoms with Gasteiger partial charge in [0.2, 0.25) is 15.9 Å². The molecule has 2 N–H and O–H groups in total. The van der Waals surface area contributed by atoms with E-state index in [1.54, 1.807) is 0 Å². The van der Waals surface area contributed by atoms with Crippen LogP contribution in [-0.2, 0) is 10.0 Å².